The molecule has 0 spiro atoms. The van der Waals surface area contributed by atoms with Crippen molar-refractivity contribution in [3.63, 3.8) is 0 Å². The normalized spacial score (nSPS) is 24.8. The maximum atomic E-state index is 11.4. The van der Waals surface area contributed by atoms with Gasteiger partial charge in [-0.1, -0.05) is 0 Å². The maximum absolute atomic E-state index is 11.4. The van der Waals surface area contributed by atoms with E-state index in [0.29, 0.717) is 6.42 Å². The summed E-state index contributed by atoms with van der Waals surface area (Å²) in [5.41, 5.74) is -0.105. The average Bonchev–Trinajstić information content (AvgIpc) is 2.58. The van der Waals surface area contributed by atoms with E-state index in [1.165, 1.54) is 7.11 Å². The van der Waals surface area contributed by atoms with Gasteiger partial charge in [-0.15, -0.1) is 0 Å². The van der Waals surface area contributed by atoms with Crippen LogP contribution in [0.2, 0.25) is 0 Å². The number of hydrogen-bond donors (Lipinski definition) is 1. The van der Waals surface area contributed by atoms with Gasteiger partial charge in [-0.3, -0.25) is 0 Å². The van der Waals surface area contributed by atoms with E-state index in [2.05, 4.69) is 9.47 Å². The first-order chi connectivity index (χ1) is 7.41. The first-order valence-corrected chi connectivity index (χ1v) is 6.49. The van der Waals surface area contributed by atoms with Gasteiger partial charge in [0.05, 0.1) is 25.7 Å². The minimum atomic E-state index is -3.13. The molecule has 1 rings (SSSR count). The fourth-order valence-corrected chi connectivity index (χ4v) is 3.43. The minimum absolute atomic E-state index is 0.00908. The third kappa shape index (κ3) is 2.66. The summed E-state index contributed by atoms with van der Waals surface area (Å²) < 4.78 is 31.6. The third-order valence-electron chi connectivity index (χ3n) is 2.47. The summed E-state index contributed by atoms with van der Waals surface area (Å²) in [6, 6.07) is 0. The Balaban J connectivity index is 3.01. The van der Waals surface area contributed by atoms with Crippen LogP contribution < -0.4 is 0 Å². The quantitative estimate of drug-likeness (QED) is 0.431. The van der Waals surface area contributed by atoms with Gasteiger partial charge in [-0.2, -0.15) is 0 Å². The number of carbonyl (C=O) groups excluding carboxylic acids is 1. The topological polar surface area (TPSA) is 89.9 Å². The van der Waals surface area contributed by atoms with Gasteiger partial charge in [0.25, 0.3) is 5.95 Å². The van der Waals surface area contributed by atoms with E-state index in [1.807, 2.05) is 0 Å². The molecule has 1 fully saturated rings. The molecule has 0 aliphatic carbocycles. The summed E-state index contributed by atoms with van der Waals surface area (Å²) in [5.74, 6) is -2.05. The van der Waals surface area contributed by atoms with Crippen molar-refractivity contribution in [2.75, 3.05) is 25.7 Å². The molecule has 16 heavy (non-hydrogen) atoms. The minimum Gasteiger partial charge on any atom is -0.481 e. The van der Waals surface area contributed by atoms with Gasteiger partial charge < -0.3 is 14.6 Å². The Bertz CT molecular complexity index is 408. The molecule has 1 aliphatic heterocycles. The van der Waals surface area contributed by atoms with Crippen molar-refractivity contribution in [3.05, 3.63) is 11.5 Å². The van der Waals surface area contributed by atoms with Gasteiger partial charge in [0, 0.05) is 5.92 Å². The molecule has 7 heteroatoms. The molecule has 0 amide bonds. The summed E-state index contributed by atoms with van der Waals surface area (Å²) >= 11 is 0. The number of rotatable bonds is 3. The Morgan fingerprint density at radius 2 is 1.94 bits per heavy atom. The van der Waals surface area contributed by atoms with Crippen LogP contribution in [0.15, 0.2) is 11.5 Å². The molecule has 6 nitrogen and oxygen atoms in total. The van der Waals surface area contributed by atoms with Crippen molar-refractivity contribution < 1.29 is 27.8 Å². The van der Waals surface area contributed by atoms with E-state index >= 15 is 0 Å². The highest BCUT2D eigenvalue weighted by atomic mass is 32.2. The predicted molar refractivity (Wildman–Crippen MR) is 55.4 cm³/mol. The fraction of sp³-hybridized carbons (Fsp3) is 0.667. The van der Waals surface area contributed by atoms with Crippen molar-refractivity contribution in [1.82, 2.24) is 0 Å². The Hall–Kier alpha value is -1.24. The van der Waals surface area contributed by atoms with E-state index in [1.54, 1.807) is 0 Å². The van der Waals surface area contributed by atoms with Crippen molar-refractivity contribution in [2.24, 2.45) is 5.92 Å². The van der Waals surface area contributed by atoms with Gasteiger partial charge in [0.15, 0.2) is 9.84 Å². The van der Waals surface area contributed by atoms with Crippen molar-refractivity contribution in [2.45, 2.75) is 6.42 Å². The summed E-state index contributed by atoms with van der Waals surface area (Å²) in [6.45, 7) is 0. The van der Waals surface area contributed by atoms with Crippen molar-refractivity contribution in [3.8, 4) is 0 Å². The Labute approximate surface area is 93.8 Å². The average molecular weight is 250 g/mol. The lowest BCUT2D eigenvalue weighted by Crippen LogP contribution is -2.19. The molecule has 1 aliphatic rings. The highest BCUT2D eigenvalue weighted by Gasteiger charge is 2.36. The maximum Gasteiger partial charge on any atom is 0.341 e. The Morgan fingerprint density at radius 1 is 1.31 bits per heavy atom. The van der Waals surface area contributed by atoms with Crippen LogP contribution in [0.1, 0.15) is 6.42 Å². The molecule has 92 valence electrons. The van der Waals surface area contributed by atoms with Gasteiger partial charge in [0.2, 0.25) is 0 Å². The predicted octanol–water partition coefficient (Wildman–Crippen LogP) is 0.0101. The van der Waals surface area contributed by atoms with Crippen LogP contribution in [-0.2, 0) is 24.1 Å². The number of aliphatic hydroxyl groups is 1. The van der Waals surface area contributed by atoms with E-state index < -0.39 is 27.7 Å². The summed E-state index contributed by atoms with van der Waals surface area (Å²) in [5, 5.41) is 9.41. The number of carbonyl (C=O) groups is 1. The number of sulfone groups is 1. The van der Waals surface area contributed by atoms with Gasteiger partial charge >= 0.3 is 5.97 Å². The molecule has 0 bridgehead atoms. The van der Waals surface area contributed by atoms with Gasteiger partial charge in [0.1, 0.15) is 5.57 Å². The van der Waals surface area contributed by atoms with E-state index in [0.717, 1.165) is 7.11 Å². The number of aliphatic hydroxyl groups excluding tert-OH is 1. The fourth-order valence-electron chi connectivity index (χ4n) is 1.67. The molecule has 1 atom stereocenters. The lowest BCUT2D eigenvalue weighted by atomic mass is 9.99. The monoisotopic (exact) mass is 250 g/mol. The van der Waals surface area contributed by atoms with E-state index in [4.69, 9.17) is 0 Å². The van der Waals surface area contributed by atoms with Crippen LogP contribution in [0.5, 0.6) is 0 Å². The largest absolute Gasteiger partial charge is 0.481 e. The first-order valence-electron chi connectivity index (χ1n) is 4.67. The molecule has 1 saturated heterocycles. The second-order valence-corrected chi connectivity index (χ2v) is 5.74. The SMILES string of the molecule is COC(=O)C(=C(O)OC)[C@H]1CCS(=O)(=O)C1. The van der Waals surface area contributed by atoms with Gasteiger partial charge in [-0.25, -0.2) is 13.2 Å². The number of ether oxygens (including phenoxy) is 2. The molecular weight excluding hydrogens is 236 g/mol. The van der Waals surface area contributed by atoms with Crippen LogP contribution in [0, 0.1) is 5.92 Å². The molecule has 0 unspecified atom stereocenters. The molecule has 0 aromatic carbocycles. The smallest absolute Gasteiger partial charge is 0.341 e. The van der Waals surface area contributed by atoms with E-state index in [-0.39, 0.29) is 17.1 Å². The van der Waals surface area contributed by atoms with Crippen molar-refractivity contribution in [1.29, 1.82) is 0 Å². The zero-order chi connectivity index (χ0) is 12.3. The zero-order valence-corrected chi connectivity index (χ0v) is 9.91. The zero-order valence-electron chi connectivity index (χ0n) is 9.10. The van der Waals surface area contributed by atoms with E-state index in [9.17, 15) is 18.3 Å². The van der Waals surface area contributed by atoms with Crippen LogP contribution in [0.3, 0.4) is 0 Å². The van der Waals surface area contributed by atoms with Crippen LogP contribution >= 0.6 is 0 Å². The van der Waals surface area contributed by atoms with Crippen LogP contribution in [0.25, 0.3) is 0 Å². The Morgan fingerprint density at radius 3 is 2.31 bits per heavy atom. The third-order valence-corrected chi connectivity index (χ3v) is 4.24. The van der Waals surface area contributed by atoms with Crippen molar-refractivity contribution >= 4 is 15.8 Å². The lowest BCUT2D eigenvalue weighted by molar-refractivity contribution is -0.137. The standard InChI is InChI=1S/C9H14O6S/c1-14-8(10)7(9(11)15-2)6-3-4-16(12,13)5-6/h6,10H,3-5H2,1-2H3/t6-/m0/s1. The lowest BCUT2D eigenvalue weighted by Gasteiger charge is -2.12. The summed E-state index contributed by atoms with van der Waals surface area (Å²) in [4.78, 5) is 11.4. The number of methoxy groups -OCH3 is 2. The first kappa shape index (κ1) is 12.8. The van der Waals surface area contributed by atoms with Crippen LogP contribution in [0.4, 0.5) is 0 Å². The molecular formula is C9H14O6S. The second-order valence-electron chi connectivity index (χ2n) is 3.51. The molecule has 0 saturated carbocycles. The summed E-state index contributed by atoms with van der Waals surface area (Å²) in [6.07, 6.45) is 0.292. The summed E-state index contributed by atoms with van der Waals surface area (Å²) in [7, 11) is -0.775. The second kappa shape index (κ2) is 4.73. The highest BCUT2D eigenvalue weighted by Crippen LogP contribution is 2.28. The number of hydrogen-bond acceptors (Lipinski definition) is 6. The molecule has 0 aromatic heterocycles. The number of esters is 1. The highest BCUT2D eigenvalue weighted by molar-refractivity contribution is 7.91. The molecule has 1 N–H and O–H groups in total. The van der Waals surface area contributed by atoms with Crippen LogP contribution in [-0.4, -0.2) is 45.2 Å². The molecule has 0 radical (unpaired) electrons. The Kier molecular flexibility index (Phi) is 3.79. The molecule has 0 aromatic rings. The molecule has 1 heterocycles. The van der Waals surface area contributed by atoms with Gasteiger partial charge in [-0.05, 0) is 6.42 Å².